The minimum Gasteiger partial charge on any atom is -0.379 e. The van der Waals surface area contributed by atoms with Gasteiger partial charge in [-0.1, -0.05) is 0 Å². The van der Waals surface area contributed by atoms with Crippen LogP contribution in [0.3, 0.4) is 0 Å². The first-order valence-corrected chi connectivity index (χ1v) is 4.83. The first kappa shape index (κ1) is 11.5. The highest BCUT2D eigenvalue weighted by molar-refractivity contribution is 5.93. The number of hydrogen-bond donors (Lipinski definition) is 3. The summed E-state index contributed by atoms with van der Waals surface area (Å²) < 4.78 is 0. The Kier molecular flexibility index (Phi) is 3.31. The molecule has 1 rings (SSSR count). The van der Waals surface area contributed by atoms with Gasteiger partial charge in [-0.3, -0.25) is 4.79 Å². The molecule has 0 spiro atoms. The molecule has 5 N–H and O–H groups in total. The van der Waals surface area contributed by atoms with Crippen molar-refractivity contribution in [2.24, 2.45) is 11.5 Å². The fraction of sp³-hybridized carbons (Fsp3) is 0.364. The number of carbonyl (C=O) groups excluding carboxylic acids is 1. The minimum absolute atomic E-state index is 0.158. The van der Waals surface area contributed by atoms with Crippen molar-refractivity contribution in [1.29, 1.82) is 0 Å². The highest BCUT2D eigenvalue weighted by Crippen LogP contribution is 2.14. The average molecular weight is 207 g/mol. The number of carbonyl (C=O) groups is 1. The van der Waals surface area contributed by atoms with Crippen LogP contribution in [-0.2, 0) is 0 Å². The molecule has 0 saturated heterocycles. The zero-order chi connectivity index (χ0) is 11.5. The molecule has 0 atom stereocenters. The van der Waals surface area contributed by atoms with Crippen LogP contribution < -0.4 is 16.8 Å². The van der Waals surface area contributed by atoms with E-state index >= 15 is 0 Å². The Morgan fingerprint density at radius 3 is 2.27 bits per heavy atom. The van der Waals surface area contributed by atoms with Crippen LogP contribution in [0.1, 0.15) is 24.2 Å². The van der Waals surface area contributed by atoms with E-state index in [4.69, 9.17) is 11.5 Å². The molecular formula is C11H17N3O. The lowest BCUT2D eigenvalue weighted by Crippen LogP contribution is -2.39. The van der Waals surface area contributed by atoms with Gasteiger partial charge in [0.05, 0.1) is 0 Å². The number of amides is 1. The Morgan fingerprint density at radius 2 is 1.87 bits per heavy atom. The van der Waals surface area contributed by atoms with Crippen LogP contribution in [0, 0.1) is 0 Å². The fourth-order valence-corrected chi connectivity index (χ4v) is 1.16. The van der Waals surface area contributed by atoms with Crippen LogP contribution in [0.2, 0.25) is 0 Å². The predicted molar refractivity (Wildman–Crippen MR) is 61.7 cm³/mol. The van der Waals surface area contributed by atoms with E-state index < -0.39 is 5.91 Å². The molecule has 0 unspecified atom stereocenters. The van der Waals surface area contributed by atoms with Gasteiger partial charge in [-0.2, -0.15) is 0 Å². The molecular weight excluding hydrogens is 190 g/mol. The van der Waals surface area contributed by atoms with Gasteiger partial charge < -0.3 is 16.8 Å². The summed E-state index contributed by atoms with van der Waals surface area (Å²) in [7, 11) is 0. The largest absolute Gasteiger partial charge is 0.379 e. The first-order chi connectivity index (χ1) is 6.94. The van der Waals surface area contributed by atoms with Gasteiger partial charge in [-0.25, -0.2) is 0 Å². The van der Waals surface area contributed by atoms with Crippen LogP contribution in [0.4, 0.5) is 5.69 Å². The highest BCUT2D eigenvalue weighted by atomic mass is 16.1. The summed E-state index contributed by atoms with van der Waals surface area (Å²) in [6.45, 7) is 4.55. The Morgan fingerprint density at radius 1 is 1.33 bits per heavy atom. The molecule has 0 radical (unpaired) electrons. The molecule has 82 valence electrons. The molecule has 4 nitrogen and oxygen atoms in total. The molecule has 4 heteroatoms. The third-order valence-electron chi connectivity index (χ3n) is 2.16. The van der Waals surface area contributed by atoms with Crippen molar-refractivity contribution >= 4 is 11.6 Å². The molecule has 0 heterocycles. The second kappa shape index (κ2) is 4.31. The lowest BCUT2D eigenvalue weighted by atomic mass is 10.1. The Bertz CT molecular complexity index is 343. The quantitative estimate of drug-likeness (QED) is 0.687. The normalized spacial score (nSPS) is 11.1. The van der Waals surface area contributed by atoms with E-state index in [1.807, 2.05) is 26.0 Å². The Labute approximate surface area is 89.6 Å². The van der Waals surface area contributed by atoms with Crippen LogP contribution in [0.5, 0.6) is 0 Å². The maximum atomic E-state index is 10.8. The van der Waals surface area contributed by atoms with Crippen molar-refractivity contribution in [1.82, 2.24) is 0 Å². The van der Waals surface area contributed by atoms with Gasteiger partial charge >= 0.3 is 0 Å². The number of primary amides is 1. The van der Waals surface area contributed by atoms with Gasteiger partial charge in [-0.15, -0.1) is 0 Å². The molecule has 0 aromatic heterocycles. The summed E-state index contributed by atoms with van der Waals surface area (Å²) >= 11 is 0. The molecule has 1 aromatic rings. The lowest BCUT2D eigenvalue weighted by molar-refractivity contribution is 0.100. The van der Waals surface area contributed by atoms with Gasteiger partial charge in [-0.05, 0) is 38.1 Å². The lowest BCUT2D eigenvalue weighted by Gasteiger charge is -2.25. The van der Waals surface area contributed by atoms with Crippen LogP contribution in [0.15, 0.2) is 24.3 Å². The number of nitrogens with two attached hydrogens (primary N) is 2. The molecule has 0 aliphatic carbocycles. The van der Waals surface area contributed by atoms with Crippen LogP contribution in [-0.4, -0.2) is 18.0 Å². The molecule has 0 aliphatic heterocycles. The number of anilines is 1. The zero-order valence-corrected chi connectivity index (χ0v) is 9.08. The number of rotatable bonds is 4. The van der Waals surface area contributed by atoms with E-state index in [1.54, 1.807) is 12.1 Å². The van der Waals surface area contributed by atoms with Crippen LogP contribution in [0.25, 0.3) is 0 Å². The van der Waals surface area contributed by atoms with E-state index in [1.165, 1.54) is 0 Å². The van der Waals surface area contributed by atoms with Crippen molar-refractivity contribution in [3.05, 3.63) is 29.8 Å². The van der Waals surface area contributed by atoms with E-state index in [0.29, 0.717) is 12.1 Å². The van der Waals surface area contributed by atoms with Gasteiger partial charge in [0.25, 0.3) is 0 Å². The van der Waals surface area contributed by atoms with Crippen molar-refractivity contribution in [2.75, 3.05) is 11.9 Å². The van der Waals surface area contributed by atoms with Gasteiger partial charge in [0.2, 0.25) is 5.91 Å². The maximum Gasteiger partial charge on any atom is 0.248 e. The van der Waals surface area contributed by atoms with E-state index in [-0.39, 0.29) is 5.54 Å². The van der Waals surface area contributed by atoms with Gasteiger partial charge in [0.15, 0.2) is 0 Å². The molecule has 0 saturated carbocycles. The smallest absolute Gasteiger partial charge is 0.248 e. The summed E-state index contributed by atoms with van der Waals surface area (Å²) in [4.78, 5) is 10.8. The first-order valence-electron chi connectivity index (χ1n) is 4.83. The minimum atomic E-state index is -0.417. The topological polar surface area (TPSA) is 81.1 Å². The summed E-state index contributed by atoms with van der Waals surface area (Å²) in [6, 6.07) is 7.02. The average Bonchev–Trinajstić information content (AvgIpc) is 2.18. The molecule has 0 fully saturated rings. The summed E-state index contributed by atoms with van der Waals surface area (Å²) in [5, 5.41) is 3.26. The number of benzene rings is 1. The molecule has 15 heavy (non-hydrogen) atoms. The highest BCUT2D eigenvalue weighted by Gasteiger charge is 2.14. The summed E-state index contributed by atoms with van der Waals surface area (Å²) in [5.41, 5.74) is 12.0. The van der Waals surface area contributed by atoms with Crippen molar-refractivity contribution in [2.45, 2.75) is 19.4 Å². The monoisotopic (exact) mass is 207 g/mol. The third kappa shape index (κ3) is 3.25. The third-order valence-corrected chi connectivity index (χ3v) is 2.16. The molecule has 1 aromatic carbocycles. The number of nitrogens with one attached hydrogen (secondary N) is 1. The van der Waals surface area contributed by atoms with E-state index in [2.05, 4.69) is 5.32 Å². The molecule has 0 bridgehead atoms. The van der Waals surface area contributed by atoms with Crippen molar-refractivity contribution < 1.29 is 4.79 Å². The van der Waals surface area contributed by atoms with Crippen molar-refractivity contribution in [3.8, 4) is 0 Å². The Balaban J connectivity index is 2.77. The standard InChI is InChI=1S/C11H17N3O/c1-11(2,7-12)14-9-5-3-8(4-6-9)10(13)15/h3-6,14H,7,12H2,1-2H3,(H2,13,15). The second-order valence-electron chi connectivity index (χ2n) is 4.15. The van der Waals surface area contributed by atoms with Crippen molar-refractivity contribution in [3.63, 3.8) is 0 Å². The molecule has 1 amide bonds. The SMILES string of the molecule is CC(C)(CN)Nc1ccc(C(N)=O)cc1. The second-order valence-corrected chi connectivity index (χ2v) is 4.15. The van der Waals surface area contributed by atoms with Gasteiger partial charge in [0.1, 0.15) is 0 Å². The Hall–Kier alpha value is -1.55. The van der Waals surface area contributed by atoms with Crippen LogP contribution >= 0.6 is 0 Å². The van der Waals surface area contributed by atoms with E-state index in [9.17, 15) is 4.79 Å². The summed E-state index contributed by atoms with van der Waals surface area (Å²) in [6.07, 6.45) is 0. The van der Waals surface area contributed by atoms with Gasteiger partial charge in [0, 0.05) is 23.3 Å². The number of hydrogen-bond acceptors (Lipinski definition) is 3. The van der Waals surface area contributed by atoms with E-state index in [0.717, 1.165) is 5.69 Å². The fourth-order valence-electron chi connectivity index (χ4n) is 1.16. The summed E-state index contributed by atoms with van der Waals surface area (Å²) in [5.74, 6) is -0.417. The molecule has 0 aliphatic rings. The maximum absolute atomic E-state index is 10.8. The predicted octanol–water partition coefficient (Wildman–Crippen LogP) is 0.935. The zero-order valence-electron chi connectivity index (χ0n) is 9.08.